The first-order valence-electron chi connectivity index (χ1n) is 2.74. The summed E-state index contributed by atoms with van der Waals surface area (Å²) in [4.78, 5) is 3.77. The molecule has 0 aliphatic rings. The van der Waals surface area contributed by atoms with E-state index < -0.39 is 0 Å². The maximum absolute atomic E-state index is 5.29. The van der Waals surface area contributed by atoms with Crippen molar-refractivity contribution in [2.75, 3.05) is 0 Å². The lowest BCUT2D eigenvalue weighted by Crippen LogP contribution is -2.09. The van der Waals surface area contributed by atoms with E-state index in [2.05, 4.69) is 19.8 Å². The predicted octanol–water partition coefficient (Wildman–Crippen LogP) is -0.509. The molecule has 6 nitrogen and oxygen atoms in total. The minimum atomic E-state index is 0.301. The van der Waals surface area contributed by atoms with Crippen molar-refractivity contribution in [1.82, 2.24) is 10.1 Å². The highest BCUT2D eigenvalue weighted by atomic mass is 32.2. The molecule has 0 bridgehead atoms. The summed E-state index contributed by atoms with van der Waals surface area (Å²) in [6.07, 6.45) is 1.26. The Morgan fingerprint density at radius 2 is 2.64 bits per heavy atom. The fourth-order valence-corrected chi connectivity index (χ4v) is 0.911. The first-order chi connectivity index (χ1) is 5.33. The van der Waals surface area contributed by atoms with Gasteiger partial charge in [-0.25, -0.2) is 0 Å². The van der Waals surface area contributed by atoms with Crippen LogP contribution in [0.25, 0.3) is 0 Å². The number of nitrogens with zero attached hydrogens (tertiary/aromatic N) is 3. The zero-order valence-corrected chi connectivity index (χ0v) is 6.41. The molecule has 7 heteroatoms. The van der Waals surface area contributed by atoms with Gasteiger partial charge in [0.2, 0.25) is 6.39 Å². The van der Waals surface area contributed by atoms with Gasteiger partial charge in [-0.2, -0.15) is 10.1 Å². The van der Waals surface area contributed by atoms with E-state index in [9.17, 15) is 0 Å². The zero-order chi connectivity index (χ0) is 8.10. The summed E-state index contributed by atoms with van der Waals surface area (Å²) in [7, 11) is 0. The van der Waals surface area contributed by atoms with E-state index in [4.69, 9.17) is 11.6 Å². The second-order valence-electron chi connectivity index (χ2n) is 1.60. The summed E-state index contributed by atoms with van der Waals surface area (Å²) < 4.78 is 4.49. The topological polar surface area (TPSA) is 103 Å². The molecule has 0 saturated heterocycles. The van der Waals surface area contributed by atoms with Crippen molar-refractivity contribution in [3.63, 3.8) is 0 Å². The molecule has 0 unspecified atom stereocenters. The first kappa shape index (κ1) is 7.86. The van der Waals surface area contributed by atoms with Crippen LogP contribution in [0, 0.1) is 0 Å². The summed E-state index contributed by atoms with van der Waals surface area (Å²) >= 11 is 1.25. The highest BCUT2D eigenvalue weighted by molar-refractivity contribution is 8.13. The normalized spacial score (nSPS) is 11.8. The van der Waals surface area contributed by atoms with Crippen molar-refractivity contribution < 1.29 is 4.52 Å². The number of hydrazone groups is 1. The van der Waals surface area contributed by atoms with Crippen molar-refractivity contribution in [2.24, 2.45) is 16.7 Å². The average Bonchev–Trinajstić information content (AvgIpc) is 2.52. The monoisotopic (exact) mass is 173 g/mol. The second kappa shape index (κ2) is 3.81. The van der Waals surface area contributed by atoms with Crippen LogP contribution in [0.5, 0.6) is 0 Å². The van der Waals surface area contributed by atoms with E-state index in [1.807, 2.05) is 0 Å². The molecule has 0 radical (unpaired) electrons. The molecule has 1 heterocycles. The molecule has 0 atom stereocenters. The van der Waals surface area contributed by atoms with Crippen LogP contribution in [0.4, 0.5) is 0 Å². The quantitative estimate of drug-likeness (QED) is 0.270. The van der Waals surface area contributed by atoms with Gasteiger partial charge in [0, 0.05) is 0 Å². The largest absolute Gasteiger partial charge is 0.377 e. The summed E-state index contributed by atoms with van der Waals surface area (Å²) in [6.45, 7) is 0. The Kier molecular flexibility index (Phi) is 2.73. The van der Waals surface area contributed by atoms with Gasteiger partial charge in [-0.15, -0.1) is 0 Å². The Balaban J connectivity index is 2.35. The molecule has 0 aliphatic heterocycles. The van der Waals surface area contributed by atoms with Crippen LogP contribution >= 0.6 is 11.8 Å². The van der Waals surface area contributed by atoms with Crippen LogP contribution in [0.15, 0.2) is 16.0 Å². The number of nitrogens with two attached hydrogens (primary N) is 2. The summed E-state index contributed by atoms with van der Waals surface area (Å²) in [6, 6.07) is 0. The number of rotatable bonds is 2. The number of aromatic nitrogens is 2. The van der Waals surface area contributed by atoms with E-state index in [1.165, 1.54) is 18.2 Å². The van der Waals surface area contributed by atoms with E-state index in [0.717, 1.165) is 0 Å². The third kappa shape index (κ3) is 2.46. The van der Waals surface area contributed by atoms with Crippen molar-refractivity contribution >= 4 is 16.9 Å². The van der Waals surface area contributed by atoms with E-state index in [1.54, 1.807) is 0 Å². The number of thioether (sulfide) groups is 1. The van der Waals surface area contributed by atoms with Gasteiger partial charge >= 0.3 is 0 Å². The second-order valence-corrected chi connectivity index (χ2v) is 2.60. The number of hydrogen-bond donors (Lipinski definition) is 2. The number of amidine groups is 1. The zero-order valence-electron chi connectivity index (χ0n) is 5.60. The first-order valence-corrected chi connectivity index (χ1v) is 3.73. The van der Waals surface area contributed by atoms with Crippen molar-refractivity contribution in [1.29, 1.82) is 0 Å². The summed E-state index contributed by atoms with van der Waals surface area (Å²) in [5.74, 6) is 5.98. The maximum Gasteiger partial charge on any atom is 0.213 e. The maximum atomic E-state index is 5.29. The van der Waals surface area contributed by atoms with Crippen LogP contribution in [-0.4, -0.2) is 15.3 Å². The molecule has 1 aromatic rings. The van der Waals surface area contributed by atoms with Gasteiger partial charge in [0.15, 0.2) is 11.0 Å². The Bertz CT molecular complexity index is 233. The number of hydrogen-bond acceptors (Lipinski definition) is 6. The molecule has 1 rings (SSSR count). The lowest BCUT2D eigenvalue weighted by molar-refractivity contribution is 0.412. The molecule has 0 aromatic carbocycles. The minimum absolute atomic E-state index is 0.301. The Hall–Kier alpha value is -1.24. The van der Waals surface area contributed by atoms with E-state index >= 15 is 0 Å². The Labute approximate surface area is 67.0 Å². The molecule has 0 saturated carbocycles. The molecular weight excluding hydrogens is 166 g/mol. The summed E-state index contributed by atoms with van der Waals surface area (Å²) in [5.41, 5.74) is 5.29. The molecule has 4 N–H and O–H groups in total. The van der Waals surface area contributed by atoms with E-state index in [0.29, 0.717) is 16.7 Å². The van der Waals surface area contributed by atoms with E-state index in [-0.39, 0.29) is 0 Å². The molecule has 0 amide bonds. The Morgan fingerprint density at radius 3 is 3.18 bits per heavy atom. The van der Waals surface area contributed by atoms with Crippen molar-refractivity contribution in [3.05, 3.63) is 12.2 Å². The van der Waals surface area contributed by atoms with Gasteiger partial charge in [-0.3, -0.25) is 0 Å². The minimum Gasteiger partial charge on any atom is -0.377 e. The van der Waals surface area contributed by atoms with Crippen molar-refractivity contribution in [2.45, 2.75) is 5.75 Å². The fraction of sp³-hybridized carbons (Fsp3) is 0.250. The molecule has 1 aromatic heterocycles. The SMILES string of the molecule is NN=C(N)SCc1ncon1. The lowest BCUT2D eigenvalue weighted by atomic mass is 10.7. The molecule has 11 heavy (non-hydrogen) atoms. The van der Waals surface area contributed by atoms with Gasteiger partial charge < -0.3 is 16.1 Å². The highest BCUT2D eigenvalue weighted by Gasteiger charge is 1.99. The van der Waals surface area contributed by atoms with Gasteiger partial charge in [0.1, 0.15) is 0 Å². The smallest absolute Gasteiger partial charge is 0.213 e. The molecule has 0 spiro atoms. The van der Waals surface area contributed by atoms with Crippen LogP contribution in [0.3, 0.4) is 0 Å². The average molecular weight is 173 g/mol. The third-order valence-corrected chi connectivity index (χ3v) is 1.69. The lowest BCUT2D eigenvalue weighted by Gasteiger charge is -1.92. The summed E-state index contributed by atoms with van der Waals surface area (Å²) in [5, 5.41) is 7.12. The molecule has 60 valence electrons. The molecular formula is C4H7N5OS. The fourth-order valence-electron chi connectivity index (χ4n) is 0.432. The van der Waals surface area contributed by atoms with Crippen LogP contribution in [0.1, 0.15) is 5.82 Å². The van der Waals surface area contributed by atoms with Gasteiger partial charge in [0.25, 0.3) is 0 Å². The molecule has 0 fully saturated rings. The van der Waals surface area contributed by atoms with Gasteiger partial charge in [-0.1, -0.05) is 16.9 Å². The van der Waals surface area contributed by atoms with Crippen LogP contribution in [0.2, 0.25) is 0 Å². The predicted molar refractivity (Wildman–Crippen MR) is 41.4 cm³/mol. The third-order valence-electron chi connectivity index (χ3n) is 0.883. The van der Waals surface area contributed by atoms with Gasteiger partial charge in [0.05, 0.1) is 5.75 Å². The van der Waals surface area contributed by atoms with Crippen molar-refractivity contribution in [3.8, 4) is 0 Å². The highest BCUT2D eigenvalue weighted by Crippen LogP contribution is 2.06. The Morgan fingerprint density at radius 1 is 1.82 bits per heavy atom. The van der Waals surface area contributed by atoms with Crippen LogP contribution < -0.4 is 11.6 Å². The van der Waals surface area contributed by atoms with Crippen LogP contribution in [-0.2, 0) is 5.75 Å². The standard InChI is InChI=1S/C4H7N5OS/c5-4(8-6)11-1-3-7-2-10-9-3/h2H,1,6H2,(H2,5,8). The molecule has 0 aliphatic carbocycles. The van der Waals surface area contributed by atoms with Gasteiger partial charge in [-0.05, 0) is 0 Å².